The van der Waals surface area contributed by atoms with Crippen LogP contribution in [0.2, 0.25) is 0 Å². The number of hydrogen-bond donors (Lipinski definition) is 3. The number of nitrogens with one attached hydrogen (secondary N) is 1. The van der Waals surface area contributed by atoms with Gasteiger partial charge in [-0.2, -0.15) is 5.10 Å². The van der Waals surface area contributed by atoms with E-state index in [0.717, 1.165) is 28.1 Å². The molecule has 1 atom stereocenters. The Balaban J connectivity index is 1.85. The number of anilines is 2. The molecular weight excluding hydrogens is 330 g/mol. The Morgan fingerprint density at radius 3 is 2.73 bits per heavy atom. The summed E-state index contributed by atoms with van der Waals surface area (Å²) in [5.74, 6) is 0.552. The largest absolute Gasteiger partial charge is 0.393 e. The van der Waals surface area contributed by atoms with Gasteiger partial charge in [0.25, 0.3) is 0 Å². The van der Waals surface area contributed by atoms with Crippen LogP contribution in [0.3, 0.4) is 0 Å². The second-order valence-corrected chi connectivity index (χ2v) is 6.82. The highest BCUT2D eigenvalue weighted by molar-refractivity contribution is 5.70. The lowest BCUT2D eigenvalue weighted by Gasteiger charge is -2.19. The maximum Gasteiger partial charge on any atom is 0.227 e. The van der Waals surface area contributed by atoms with Crippen molar-refractivity contribution < 1.29 is 10.2 Å². The third kappa shape index (κ3) is 4.44. The van der Waals surface area contributed by atoms with Crippen LogP contribution < -0.4 is 5.32 Å². The van der Waals surface area contributed by atoms with Gasteiger partial charge < -0.3 is 15.5 Å². The predicted octanol–water partition coefficient (Wildman–Crippen LogP) is 2.44. The number of aromatic nitrogens is 4. The van der Waals surface area contributed by atoms with Crippen LogP contribution in [0.5, 0.6) is 0 Å². The number of aliphatic hydroxyl groups is 2. The summed E-state index contributed by atoms with van der Waals surface area (Å²) in [6.07, 6.45) is 5.32. The van der Waals surface area contributed by atoms with Crippen molar-refractivity contribution in [1.29, 1.82) is 0 Å². The summed E-state index contributed by atoms with van der Waals surface area (Å²) in [7, 11) is 0. The van der Waals surface area contributed by atoms with Gasteiger partial charge in [-0.25, -0.2) is 9.97 Å². The molecule has 0 saturated heterocycles. The summed E-state index contributed by atoms with van der Waals surface area (Å²) >= 11 is 0. The van der Waals surface area contributed by atoms with Gasteiger partial charge in [0.15, 0.2) is 0 Å². The fourth-order valence-electron chi connectivity index (χ4n) is 2.66. The number of benzene rings is 1. The molecule has 2 aromatic heterocycles. The lowest BCUT2D eigenvalue weighted by Crippen LogP contribution is -2.34. The molecule has 0 bridgehead atoms. The first kappa shape index (κ1) is 18.0. The number of hydrogen-bond acceptors (Lipinski definition) is 6. The first-order valence-electron chi connectivity index (χ1n) is 8.39. The number of rotatable bonds is 6. The van der Waals surface area contributed by atoms with E-state index in [1.807, 2.05) is 38.2 Å². The highest BCUT2D eigenvalue weighted by Crippen LogP contribution is 2.26. The van der Waals surface area contributed by atoms with Gasteiger partial charge in [-0.05, 0) is 50.1 Å². The summed E-state index contributed by atoms with van der Waals surface area (Å²) in [5.41, 5.74) is 3.59. The van der Waals surface area contributed by atoms with Crippen LogP contribution >= 0.6 is 0 Å². The van der Waals surface area contributed by atoms with Crippen molar-refractivity contribution >= 4 is 11.6 Å². The Bertz CT molecular complexity index is 904. The molecular formula is C19H23N5O2. The lowest BCUT2D eigenvalue weighted by atomic mass is 10.1. The van der Waals surface area contributed by atoms with Crippen LogP contribution in [0.15, 0.2) is 42.9 Å². The molecule has 1 aromatic carbocycles. The Hall–Kier alpha value is -2.77. The molecule has 1 unspecified atom stereocenters. The van der Waals surface area contributed by atoms with Crippen molar-refractivity contribution in [3.63, 3.8) is 0 Å². The van der Waals surface area contributed by atoms with E-state index in [4.69, 9.17) is 0 Å². The minimum atomic E-state index is -1.20. The zero-order valence-electron chi connectivity index (χ0n) is 15.1. The minimum absolute atomic E-state index is 0.220. The highest BCUT2D eigenvalue weighted by Gasteiger charge is 2.20. The van der Waals surface area contributed by atoms with E-state index >= 15 is 0 Å². The first-order valence-corrected chi connectivity index (χ1v) is 8.39. The molecule has 7 heteroatoms. The van der Waals surface area contributed by atoms with Crippen LogP contribution in [0.25, 0.3) is 11.1 Å². The molecule has 0 aliphatic rings. The molecule has 0 aliphatic heterocycles. The molecule has 0 amide bonds. The fourth-order valence-corrected chi connectivity index (χ4v) is 2.66. The van der Waals surface area contributed by atoms with Crippen LogP contribution in [-0.2, 0) is 6.54 Å². The zero-order chi connectivity index (χ0) is 18.7. The van der Waals surface area contributed by atoms with Crippen molar-refractivity contribution in [3.8, 4) is 11.1 Å². The van der Waals surface area contributed by atoms with Crippen LogP contribution in [0.1, 0.15) is 18.2 Å². The highest BCUT2D eigenvalue weighted by atomic mass is 16.3. The van der Waals surface area contributed by atoms with Gasteiger partial charge in [0.05, 0.1) is 19.3 Å². The van der Waals surface area contributed by atoms with E-state index in [0.29, 0.717) is 5.95 Å². The normalized spacial score (nSPS) is 13.4. The zero-order valence-corrected chi connectivity index (χ0v) is 15.1. The predicted molar refractivity (Wildman–Crippen MR) is 100 cm³/mol. The summed E-state index contributed by atoms with van der Waals surface area (Å²) in [5, 5.41) is 26.7. The van der Waals surface area contributed by atoms with Crippen molar-refractivity contribution in [2.45, 2.75) is 32.9 Å². The average Bonchev–Trinajstić information content (AvgIpc) is 3.02. The summed E-state index contributed by atoms with van der Waals surface area (Å²) < 4.78 is 1.63. The molecule has 3 N–H and O–H groups in total. The Labute approximate surface area is 152 Å². The van der Waals surface area contributed by atoms with Gasteiger partial charge in [0, 0.05) is 29.3 Å². The van der Waals surface area contributed by atoms with Crippen molar-refractivity contribution in [2.24, 2.45) is 0 Å². The summed E-state index contributed by atoms with van der Waals surface area (Å²) in [4.78, 5) is 8.59. The number of aryl methyl sites for hydroxylation is 2. The molecule has 0 radical (unpaired) electrons. The molecule has 2 heterocycles. The number of nitrogens with zero attached hydrogens (tertiary/aromatic N) is 4. The molecule has 26 heavy (non-hydrogen) atoms. The van der Waals surface area contributed by atoms with E-state index in [2.05, 4.69) is 26.4 Å². The van der Waals surface area contributed by atoms with Crippen LogP contribution in [-0.4, -0.2) is 42.2 Å². The Morgan fingerprint density at radius 2 is 2.00 bits per heavy atom. The molecule has 7 nitrogen and oxygen atoms in total. The van der Waals surface area contributed by atoms with Gasteiger partial charge in [-0.15, -0.1) is 0 Å². The van der Waals surface area contributed by atoms with E-state index in [9.17, 15) is 10.2 Å². The summed E-state index contributed by atoms with van der Waals surface area (Å²) in [6.45, 7) is 5.41. The molecule has 0 aliphatic carbocycles. The van der Waals surface area contributed by atoms with Gasteiger partial charge in [0.1, 0.15) is 5.60 Å². The lowest BCUT2D eigenvalue weighted by molar-refractivity contribution is -0.0145. The standard InChI is InChI=1S/C19H23N5O2/c1-13-6-15(16-9-21-24(10-16)11-19(3,26)12-25)8-17(7-13)23-18-20-5-4-14(2)22-18/h4-10,25-26H,11-12H2,1-3H3,(H,20,22,23). The molecule has 0 spiro atoms. The minimum Gasteiger partial charge on any atom is -0.393 e. The van der Waals surface area contributed by atoms with Crippen molar-refractivity contribution in [1.82, 2.24) is 19.7 Å². The van der Waals surface area contributed by atoms with Gasteiger partial charge >= 0.3 is 0 Å². The van der Waals surface area contributed by atoms with Gasteiger partial charge in [-0.3, -0.25) is 4.68 Å². The quantitative estimate of drug-likeness (QED) is 0.630. The third-order valence-corrected chi connectivity index (χ3v) is 3.94. The average molecular weight is 353 g/mol. The smallest absolute Gasteiger partial charge is 0.227 e. The molecule has 3 aromatic rings. The van der Waals surface area contributed by atoms with E-state index in [-0.39, 0.29) is 13.2 Å². The van der Waals surface area contributed by atoms with E-state index in [1.165, 1.54) is 0 Å². The van der Waals surface area contributed by atoms with Gasteiger partial charge in [0.2, 0.25) is 5.95 Å². The van der Waals surface area contributed by atoms with E-state index in [1.54, 1.807) is 24.0 Å². The van der Waals surface area contributed by atoms with Gasteiger partial charge in [-0.1, -0.05) is 6.07 Å². The second kappa shape index (κ2) is 7.23. The molecule has 0 fully saturated rings. The molecule has 136 valence electrons. The SMILES string of the molecule is Cc1cc(Nc2nccc(C)n2)cc(-c2cnn(CC(C)(O)CO)c2)c1. The van der Waals surface area contributed by atoms with Crippen LogP contribution in [0.4, 0.5) is 11.6 Å². The number of aliphatic hydroxyl groups excluding tert-OH is 1. The maximum atomic E-state index is 10.00. The monoisotopic (exact) mass is 353 g/mol. The molecule has 0 saturated carbocycles. The Morgan fingerprint density at radius 1 is 1.19 bits per heavy atom. The van der Waals surface area contributed by atoms with Crippen molar-refractivity contribution in [2.75, 3.05) is 11.9 Å². The second-order valence-electron chi connectivity index (χ2n) is 6.82. The molecule has 3 rings (SSSR count). The third-order valence-electron chi connectivity index (χ3n) is 3.94. The first-order chi connectivity index (χ1) is 12.3. The maximum absolute atomic E-state index is 10.00. The Kier molecular flexibility index (Phi) is 5.01. The van der Waals surface area contributed by atoms with Crippen LogP contribution in [0, 0.1) is 13.8 Å². The van der Waals surface area contributed by atoms with Crippen molar-refractivity contribution in [3.05, 3.63) is 54.1 Å². The van der Waals surface area contributed by atoms with E-state index < -0.39 is 5.60 Å². The fraction of sp³-hybridized carbons (Fsp3) is 0.316. The summed E-state index contributed by atoms with van der Waals surface area (Å²) in [6, 6.07) is 7.94. The topological polar surface area (TPSA) is 96.1 Å².